The summed E-state index contributed by atoms with van der Waals surface area (Å²) >= 11 is 5.36. The van der Waals surface area contributed by atoms with Gasteiger partial charge in [-0.15, -0.1) is 0 Å². The maximum atomic E-state index is 10.9. The number of nitrogens with zero attached hydrogens (tertiary/aromatic N) is 1. The number of benzene rings is 1. The average molecular weight is 244 g/mol. The second kappa shape index (κ2) is 5.41. The second-order valence-electron chi connectivity index (χ2n) is 3.51. The maximum Gasteiger partial charge on any atom is 0.252 e. The van der Waals surface area contributed by atoms with Crippen LogP contribution in [0.4, 0.5) is 0 Å². The van der Waals surface area contributed by atoms with E-state index in [1.165, 1.54) is 0 Å². The SMILES string of the molecule is O=C(Cl)c1ccc(C=Cc2ccncc2)cc1. The molecule has 1 heterocycles. The minimum absolute atomic E-state index is 0.435. The molecule has 2 aromatic rings. The van der Waals surface area contributed by atoms with E-state index in [1.807, 2.05) is 36.4 Å². The Bertz CT molecular complexity index is 532. The molecular weight excluding hydrogens is 234 g/mol. The van der Waals surface area contributed by atoms with E-state index in [4.69, 9.17) is 11.6 Å². The van der Waals surface area contributed by atoms with Crippen LogP contribution in [0, 0.1) is 0 Å². The Kier molecular flexibility index (Phi) is 3.68. The summed E-state index contributed by atoms with van der Waals surface area (Å²) < 4.78 is 0. The zero-order valence-corrected chi connectivity index (χ0v) is 9.76. The number of rotatable bonds is 3. The lowest BCUT2D eigenvalue weighted by Gasteiger charge is -1.96. The van der Waals surface area contributed by atoms with Crippen LogP contribution in [0.15, 0.2) is 48.8 Å². The molecule has 0 aliphatic rings. The van der Waals surface area contributed by atoms with E-state index in [2.05, 4.69) is 4.98 Å². The molecule has 0 spiro atoms. The Hall–Kier alpha value is -1.93. The number of pyridine rings is 1. The van der Waals surface area contributed by atoms with Crippen LogP contribution >= 0.6 is 11.6 Å². The van der Waals surface area contributed by atoms with Crippen molar-refractivity contribution in [3.05, 3.63) is 65.5 Å². The number of aromatic nitrogens is 1. The minimum atomic E-state index is -0.435. The molecule has 0 bridgehead atoms. The predicted molar refractivity (Wildman–Crippen MR) is 69.8 cm³/mol. The summed E-state index contributed by atoms with van der Waals surface area (Å²) in [7, 11) is 0. The van der Waals surface area contributed by atoms with Gasteiger partial charge < -0.3 is 0 Å². The zero-order chi connectivity index (χ0) is 12.1. The van der Waals surface area contributed by atoms with E-state index >= 15 is 0 Å². The first kappa shape index (κ1) is 11.6. The Morgan fingerprint density at radius 3 is 2.00 bits per heavy atom. The topological polar surface area (TPSA) is 30.0 Å². The van der Waals surface area contributed by atoms with Crippen LogP contribution < -0.4 is 0 Å². The number of hydrogen-bond acceptors (Lipinski definition) is 2. The van der Waals surface area contributed by atoms with E-state index in [9.17, 15) is 4.79 Å². The number of halogens is 1. The quantitative estimate of drug-likeness (QED) is 0.771. The molecule has 0 saturated heterocycles. The highest BCUT2D eigenvalue weighted by atomic mass is 35.5. The standard InChI is InChI=1S/C14H10ClNO/c15-14(17)13-5-3-11(4-6-13)1-2-12-7-9-16-10-8-12/h1-10H. The molecule has 0 saturated carbocycles. The van der Waals surface area contributed by atoms with Gasteiger partial charge in [-0.25, -0.2) is 0 Å². The maximum absolute atomic E-state index is 10.9. The van der Waals surface area contributed by atoms with Crippen molar-refractivity contribution in [2.45, 2.75) is 0 Å². The van der Waals surface area contributed by atoms with E-state index in [1.54, 1.807) is 24.5 Å². The molecule has 17 heavy (non-hydrogen) atoms. The van der Waals surface area contributed by atoms with E-state index in [0.29, 0.717) is 5.56 Å². The third kappa shape index (κ3) is 3.26. The van der Waals surface area contributed by atoms with Gasteiger partial charge in [0.25, 0.3) is 5.24 Å². The van der Waals surface area contributed by atoms with Gasteiger partial charge in [0.1, 0.15) is 0 Å². The largest absolute Gasteiger partial charge is 0.276 e. The number of carbonyl (C=O) groups excluding carboxylic acids is 1. The fourth-order valence-corrected chi connectivity index (χ4v) is 1.52. The van der Waals surface area contributed by atoms with Crippen molar-refractivity contribution in [2.24, 2.45) is 0 Å². The Morgan fingerprint density at radius 2 is 1.47 bits per heavy atom. The number of hydrogen-bond donors (Lipinski definition) is 0. The minimum Gasteiger partial charge on any atom is -0.276 e. The van der Waals surface area contributed by atoms with Crippen LogP contribution in [0.2, 0.25) is 0 Å². The monoisotopic (exact) mass is 243 g/mol. The van der Waals surface area contributed by atoms with Gasteiger partial charge in [-0.3, -0.25) is 9.78 Å². The molecular formula is C14H10ClNO. The highest BCUT2D eigenvalue weighted by Crippen LogP contribution is 2.10. The van der Waals surface area contributed by atoms with Gasteiger partial charge in [0.05, 0.1) is 0 Å². The molecule has 1 aromatic heterocycles. The van der Waals surface area contributed by atoms with Gasteiger partial charge in [-0.1, -0.05) is 24.3 Å². The molecule has 0 unspecified atom stereocenters. The first-order valence-electron chi connectivity index (χ1n) is 5.14. The predicted octanol–water partition coefficient (Wildman–Crippen LogP) is 3.63. The van der Waals surface area contributed by atoms with E-state index < -0.39 is 5.24 Å². The molecule has 0 radical (unpaired) electrons. The van der Waals surface area contributed by atoms with Crippen molar-refractivity contribution in [1.29, 1.82) is 0 Å². The average Bonchev–Trinajstić information content (AvgIpc) is 2.38. The molecule has 2 rings (SSSR count). The molecule has 2 nitrogen and oxygen atoms in total. The summed E-state index contributed by atoms with van der Waals surface area (Å²) in [5, 5.41) is -0.435. The molecule has 0 N–H and O–H groups in total. The fraction of sp³-hybridized carbons (Fsp3) is 0. The van der Waals surface area contributed by atoms with Crippen molar-refractivity contribution in [3.63, 3.8) is 0 Å². The first-order chi connectivity index (χ1) is 8.25. The summed E-state index contributed by atoms with van der Waals surface area (Å²) in [6, 6.07) is 11.0. The third-order valence-electron chi connectivity index (χ3n) is 2.31. The zero-order valence-electron chi connectivity index (χ0n) is 9.01. The van der Waals surface area contributed by atoms with Crippen LogP contribution in [-0.4, -0.2) is 10.2 Å². The Balaban J connectivity index is 2.14. The van der Waals surface area contributed by atoms with E-state index in [-0.39, 0.29) is 0 Å². The Labute approximate surface area is 105 Å². The summed E-state index contributed by atoms with van der Waals surface area (Å²) in [6.45, 7) is 0. The second-order valence-corrected chi connectivity index (χ2v) is 3.85. The summed E-state index contributed by atoms with van der Waals surface area (Å²) in [5.74, 6) is 0. The lowest BCUT2D eigenvalue weighted by atomic mass is 10.1. The highest BCUT2D eigenvalue weighted by molar-refractivity contribution is 6.67. The highest BCUT2D eigenvalue weighted by Gasteiger charge is 1.99. The van der Waals surface area contributed by atoms with Crippen LogP contribution in [0.1, 0.15) is 21.5 Å². The van der Waals surface area contributed by atoms with Crippen molar-refractivity contribution < 1.29 is 4.79 Å². The van der Waals surface area contributed by atoms with Gasteiger partial charge in [-0.05, 0) is 47.0 Å². The van der Waals surface area contributed by atoms with Crippen LogP contribution in [0.3, 0.4) is 0 Å². The molecule has 0 aliphatic heterocycles. The molecule has 0 atom stereocenters. The van der Waals surface area contributed by atoms with Gasteiger partial charge in [0, 0.05) is 18.0 Å². The van der Waals surface area contributed by atoms with Crippen molar-refractivity contribution >= 4 is 29.0 Å². The molecule has 1 aromatic carbocycles. The van der Waals surface area contributed by atoms with Crippen LogP contribution in [0.25, 0.3) is 12.2 Å². The molecule has 0 aliphatic carbocycles. The molecule has 0 amide bonds. The summed E-state index contributed by atoms with van der Waals surface area (Å²) in [5.41, 5.74) is 2.61. The van der Waals surface area contributed by atoms with Crippen molar-refractivity contribution in [3.8, 4) is 0 Å². The van der Waals surface area contributed by atoms with Crippen molar-refractivity contribution in [2.75, 3.05) is 0 Å². The van der Waals surface area contributed by atoms with E-state index in [0.717, 1.165) is 11.1 Å². The number of carbonyl (C=O) groups is 1. The van der Waals surface area contributed by atoms with Crippen molar-refractivity contribution in [1.82, 2.24) is 4.98 Å². The fourth-order valence-electron chi connectivity index (χ4n) is 1.39. The smallest absolute Gasteiger partial charge is 0.252 e. The van der Waals surface area contributed by atoms with Gasteiger partial charge in [-0.2, -0.15) is 0 Å². The lowest BCUT2D eigenvalue weighted by Crippen LogP contribution is -1.87. The lowest BCUT2D eigenvalue weighted by molar-refractivity contribution is 0.108. The van der Waals surface area contributed by atoms with Gasteiger partial charge in [0.2, 0.25) is 0 Å². The van der Waals surface area contributed by atoms with Gasteiger partial charge in [0.15, 0.2) is 0 Å². The third-order valence-corrected chi connectivity index (χ3v) is 2.53. The van der Waals surface area contributed by atoms with Gasteiger partial charge >= 0.3 is 0 Å². The summed E-state index contributed by atoms with van der Waals surface area (Å²) in [4.78, 5) is 14.8. The normalized spacial score (nSPS) is 10.6. The molecule has 84 valence electrons. The Morgan fingerprint density at radius 1 is 0.941 bits per heavy atom. The van der Waals surface area contributed by atoms with Crippen LogP contribution in [-0.2, 0) is 0 Å². The molecule has 3 heteroatoms. The summed E-state index contributed by atoms with van der Waals surface area (Å²) in [6.07, 6.45) is 7.45. The van der Waals surface area contributed by atoms with Crippen LogP contribution in [0.5, 0.6) is 0 Å². The molecule has 0 fully saturated rings. The first-order valence-corrected chi connectivity index (χ1v) is 5.51.